The Balaban J connectivity index is 2.48. The van der Waals surface area contributed by atoms with Crippen LogP contribution in [0.4, 0.5) is 0 Å². The van der Waals surface area contributed by atoms with Crippen molar-refractivity contribution in [2.45, 2.75) is 19.4 Å². The van der Waals surface area contributed by atoms with E-state index < -0.39 is 5.60 Å². The highest BCUT2D eigenvalue weighted by molar-refractivity contribution is 7.80. The Bertz CT molecular complexity index is 430. The van der Waals surface area contributed by atoms with Crippen molar-refractivity contribution >= 4 is 17.2 Å². The quantitative estimate of drug-likeness (QED) is 0.740. The molecule has 0 aliphatic rings. The summed E-state index contributed by atoms with van der Waals surface area (Å²) in [7, 11) is 1.95. The normalized spacial score (nSPS) is 11.6. The molecule has 1 aromatic rings. The first-order valence-corrected chi connectivity index (χ1v) is 6.63. The number of nitrogens with zero attached hydrogens (tertiary/aromatic N) is 1. The van der Waals surface area contributed by atoms with E-state index in [4.69, 9.17) is 22.7 Å². The van der Waals surface area contributed by atoms with Gasteiger partial charge in [-0.05, 0) is 33.0 Å². The standard InChI is InChI=1S/C14H22N2O2S/c1-14(2,17)10-16(3)8-9-18-12-7-5-4-6-11(12)13(15)19/h4-7,17H,8-10H2,1-3H3,(H2,15,19). The van der Waals surface area contributed by atoms with Gasteiger partial charge >= 0.3 is 0 Å². The SMILES string of the molecule is CN(CCOc1ccccc1C(N)=S)CC(C)(C)O. The van der Waals surface area contributed by atoms with E-state index in [2.05, 4.69) is 0 Å². The summed E-state index contributed by atoms with van der Waals surface area (Å²) in [5.74, 6) is 0.701. The summed E-state index contributed by atoms with van der Waals surface area (Å²) in [4.78, 5) is 2.35. The van der Waals surface area contributed by atoms with Gasteiger partial charge in [0.25, 0.3) is 0 Å². The zero-order chi connectivity index (χ0) is 14.5. The minimum atomic E-state index is -0.703. The summed E-state index contributed by atoms with van der Waals surface area (Å²) in [5, 5.41) is 9.71. The zero-order valence-electron chi connectivity index (χ0n) is 11.7. The summed E-state index contributed by atoms with van der Waals surface area (Å²) in [5.41, 5.74) is 5.69. The van der Waals surface area contributed by atoms with Gasteiger partial charge in [-0.3, -0.25) is 0 Å². The second-order valence-corrected chi connectivity index (χ2v) is 5.70. The lowest BCUT2D eigenvalue weighted by Gasteiger charge is -2.25. The zero-order valence-corrected chi connectivity index (χ0v) is 12.5. The Kier molecular flexibility index (Phi) is 5.72. The lowest BCUT2D eigenvalue weighted by Crippen LogP contribution is -2.38. The van der Waals surface area contributed by atoms with Gasteiger partial charge < -0.3 is 20.5 Å². The van der Waals surface area contributed by atoms with Gasteiger partial charge in [-0.2, -0.15) is 0 Å². The first-order chi connectivity index (χ1) is 8.79. The maximum absolute atomic E-state index is 9.71. The van der Waals surface area contributed by atoms with E-state index in [0.29, 0.717) is 23.9 Å². The first kappa shape index (κ1) is 15.9. The minimum Gasteiger partial charge on any atom is -0.492 e. The van der Waals surface area contributed by atoms with Gasteiger partial charge in [0.1, 0.15) is 17.3 Å². The molecule has 0 aromatic heterocycles. The molecule has 5 heteroatoms. The number of ether oxygens (including phenoxy) is 1. The monoisotopic (exact) mass is 282 g/mol. The second kappa shape index (κ2) is 6.84. The van der Waals surface area contributed by atoms with E-state index in [0.717, 1.165) is 12.1 Å². The predicted molar refractivity (Wildman–Crippen MR) is 81.6 cm³/mol. The largest absolute Gasteiger partial charge is 0.492 e. The number of hydrogen-bond donors (Lipinski definition) is 2. The average Bonchev–Trinajstić information content (AvgIpc) is 2.27. The summed E-state index contributed by atoms with van der Waals surface area (Å²) in [6.07, 6.45) is 0. The molecule has 0 bridgehead atoms. The number of likely N-dealkylation sites (N-methyl/N-ethyl adjacent to an activating group) is 1. The highest BCUT2D eigenvalue weighted by atomic mass is 32.1. The van der Waals surface area contributed by atoms with Crippen LogP contribution in [0.15, 0.2) is 24.3 Å². The van der Waals surface area contributed by atoms with Crippen LogP contribution in [0.1, 0.15) is 19.4 Å². The topological polar surface area (TPSA) is 58.7 Å². The summed E-state index contributed by atoms with van der Waals surface area (Å²) in [6, 6.07) is 7.46. The lowest BCUT2D eigenvalue weighted by molar-refractivity contribution is 0.0411. The molecule has 0 aliphatic carbocycles. The van der Waals surface area contributed by atoms with Crippen molar-refractivity contribution in [3.63, 3.8) is 0 Å². The third-order valence-corrected chi connectivity index (χ3v) is 2.76. The Labute approximate surface area is 120 Å². The van der Waals surface area contributed by atoms with Crippen LogP contribution < -0.4 is 10.5 Å². The Morgan fingerprint density at radius 3 is 2.63 bits per heavy atom. The average molecular weight is 282 g/mol. The fourth-order valence-electron chi connectivity index (χ4n) is 1.85. The molecule has 3 N–H and O–H groups in total. The highest BCUT2D eigenvalue weighted by Gasteiger charge is 2.15. The van der Waals surface area contributed by atoms with Gasteiger partial charge in [-0.1, -0.05) is 24.4 Å². The van der Waals surface area contributed by atoms with Gasteiger partial charge in [0.05, 0.1) is 11.2 Å². The number of hydrogen-bond acceptors (Lipinski definition) is 4. The molecule has 19 heavy (non-hydrogen) atoms. The number of thiocarbonyl (C=S) groups is 1. The van der Waals surface area contributed by atoms with Crippen molar-refractivity contribution in [1.82, 2.24) is 4.90 Å². The Hall–Kier alpha value is -1.17. The van der Waals surface area contributed by atoms with E-state index >= 15 is 0 Å². The van der Waals surface area contributed by atoms with Crippen LogP contribution in [-0.4, -0.2) is 47.3 Å². The molecule has 0 heterocycles. The van der Waals surface area contributed by atoms with Crippen LogP contribution in [-0.2, 0) is 0 Å². The van der Waals surface area contributed by atoms with Crippen LogP contribution in [0.3, 0.4) is 0 Å². The Morgan fingerprint density at radius 1 is 1.42 bits per heavy atom. The van der Waals surface area contributed by atoms with Crippen molar-refractivity contribution in [2.75, 3.05) is 26.7 Å². The number of para-hydroxylation sites is 1. The fourth-order valence-corrected chi connectivity index (χ4v) is 2.02. The lowest BCUT2D eigenvalue weighted by atomic mass is 10.1. The molecule has 0 amide bonds. The van der Waals surface area contributed by atoms with Crippen LogP contribution in [0.5, 0.6) is 5.75 Å². The second-order valence-electron chi connectivity index (χ2n) is 5.26. The first-order valence-electron chi connectivity index (χ1n) is 6.22. The highest BCUT2D eigenvalue weighted by Crippen LogP contribution is 2.17. The molecule has 0 radical (unpaired) electrons. The van der Waals surface area contributed by atoms with E-state index in [1.54, 1.807) is 13.8 Å². The third kappa shape index (κ3) is 6.00. The van der Waals surface area contributed by atoms with Gasteiger partial charge in [0, 0.05) is 13.1 Å². The fraction of sp³-hybridized carbons (Fsp3) is 0.500. The molecule has 1 rings (SSSR count). The molecule has 0 fully saturated rings. The maximum Gasteiger partial charge on any atom is 0.129 e. The molecule has 0 saturated carbocycles. The van der Waals surface area contributed by atoms with Crippen molar-refractivity contribution < 1.29 is 9.84 Å². The third-order valence-electron chi connectivity index (χ3n) is 2.54. The van der Waals surface area contributed by atoms with E-state index in [-0.39, 0.29) is 0 Å². The van der Waals surface area contributed by atoms with Crippen molar-refractivity contribution in [3.05, 3.63) is 29.8 Å². The van der Waals surface area contributed by atoms with Gasteiger partial charge in [0.15, 0.2) is 0 Å². The van der Waals surface area contributed by atoms with Crippen molar-refractivity contribution in [3.8, 4) is 5.75 Å². The van der Waals surface area contributed by atoms with Crippen LogP contribution in [0.2, 0.25) is 0 Å². The molecule has 1 aromatic carbocycles. The van der Waals surface area contributed by atoms with E-state index in [9.17, 15) is 5.11 Å². The summed E-state index contributed by atoms with van der Waals surface area (Å²) in [6.45, 7) is 5.40. The number of benzene rings is 1. The molecule has 0 unspecified atom stereocenters. The molecule has 106 valence electrons. The van der Waals surface area contributed by atoms with Crippen LogP contribution >= 0.6 is 12.2 Å². The Morgan fingerprint density at radius 2 is 2.05 bits per heavy atom. The van der Waals surface area contributed by atoms with Crippen molar-refractivity contribution in [1.29, 1.82) is 0 Å². The summed E-state index contributed by atoms with van der Waals surface area (Å²) < 4.78 is 5.69. The summed E-state index contributed by atoms with van der Waals surface area (Å²) >= 11 is 4.98. The maximum atomic E-state index is 9.71. The number of nitrogens with two attached hydrogens (primary N) is 1. The minimum absolute atomic E-state index is 0.334. The molecular weight excluding hydrogens is 260 g/mol. The van der Waals surface area contributed by atoms with Crippen LogP contribution in [0, 0.1) is 0 Å². The number of aliphatic hydroxyl groups is 1. The molecule has 0 atom stereocenters. The number of rotatable bonds is 7. The van der Waals surface area contributed by atoms with Gasteiger partial charge in [-0.15, -0.1) is 0 Å². The van der Waals surface area contributed by atoms with E-state index in [1.807, 2.05) is 36.2 Å². The molecule has 4 nitrogen and oxygen atoms in total. The molecular formula is C14H22N2O2S. The van der Waals surface area contributed by atoms with Crippen LogP contribution in [0.25, 0.3) is 0 Å². The molecule has 0 aliphatic heterocycles. The smallest absolute Gasteiger partial charge is 0.129 e. The predicted octanol–water partition coefficient (Wildman–Crippen LogP) is 1.40. The van der Waals surface area contributed by atoms with E-state index in [1.165, 1.54) is 0 Å². The van der Waals surface area contributed by atoms with Gasteiger partial charge in [-0.25, -0.2) is 0 Å². The molecule has 0 saturated heterocycles. The van der Waals surface area contributed by atoms with Gasteiger partial charge in [0.2, 0.25) is 0 Å². The van der Waals surface area contributed by atoms with Crippen molar-refractivity contribution in [2.24, 2.45) is 5.73 Å². The molecule has 0 spiro atoms.